The Labute approximate surface area is 174 Å². The third-order valence-electron chi connectivity index (χ3n) is 4.90. The van der Waals surface area contributed by atoms with Gasteiger partial charge in [0.15, 0.2) is 0 Å². The van der Waals surface area contributed by atoms with Crippen LogP contribution in [0.15, 0.2) is 53.4 Å². The molecule has 1 fully saturated rings. The molecule has 2 aromatic carbocycles. The zero-order chi connectivity index (χ0) is 21.7. The number of carbonyl (C=O) groups is 2. The highest BCUT2D eigenvalue weighted by Gasteiger charge is 2.25. The molecule has 0 saturated carbocycles. The Morgan fingerprint density at radius 3 is 2.17 bits per heavy atom. The monoisotopic (exact) mass is 434 g/mol. The average Bonchev–Trinajstić information content (AvgIpc) is 2.75. The Morgan fingerprint density at radius 2 is 1.60 bits per heavy atom. The number of halogens is 1. The van der Waals surface area contributed by atoms with Gasteiger partial charge in [-0.05, 0) is 68.4 Å². The third kappa shape index (κ3) is 5.33. The molecule has 0 atom stereocenters. The quantitative estimate of drug-likeness (QED) is 0.670. The molecule has 1 heterocycles. The molecule has 10 heteroatoms. The predicted molar refractivity (Wildman–Crippen MR) is 110 cm³/mol. The van der Waals surface area contributed by atoms with Crippen LogP contribution in [0, 0.1) is 5.82 Å². The lowest BCUT2D eigenvalue weighted by molar-refractivity contribution is 0.0708. The van der Waals surface area contributed by atoms with E-state index in [1.807, 2.05) is 0 Å². The molecule has 3 N–H and O–H groups in total. The summed E-state index contributed by atoms with van der Waals surface area (Å²) in [5.74, 6) is -0.561. The zero-order valence-electron chi connectivity index (χ0n) is 16.4. The maximum absolute atomic E-state index is 12.9. The van der Waals surface area contributed by atoms with Gasteiger partial charge in [-0.3, -0.25) is 4.79 Å². The Hall–Kier alpha value is -2.98. The number of hydrogen-bond acceptors (Lipinski definition) is 4. The molecule has 2 aromatic rings. The number of nitrogens with zero attached hydrogens (tertiary/aromatic N) is 1. The molecule has 0 unspecified atom stereocenters. The first-order valence-corrected chi connectivity index (χ1v) is 10.9. The maximum atomic E-state index is 12.9. The van der Waals surface area contributed by atoms with Gasteiger partial charge in [0, 0.05) is 30.4 Å². The van der Waals surface area contributed by atoms with Gasteiger partial charge in [-0.2, -0.15) is 0 Å². The fraction of sp³-hybridized carbons (Fsp3) is 0.300. The van der Waals surface area contributed by atoms with E-state index in [-0.39, 0.29) is 28.7 Å². The van der Waals surface area contributed by atoms with Crippen molar-refractivity contribution in [3.63, 3.8) is 0 Å². The van der Waals surface area contributed by atoms with Crippen LogP contribution < -0.4 is 15.4 Å². The molecule has 0 radical (unpaired) electrons. The second-order valence-corrected chi connectivity index (χ2v) is 8.79. The minimum Gasteiger partial charge on any atom is -0.338 e. The van der Waals surface area contributed by atoms with E-state index in [9.17, 15) is 22.4 Å². The second kappa shape index (κ2) is 9.23. The normalized spacial score (nSPS) is 14.9. The van der Waals surface area contributed by atoms with E-state index in [4.69, 9.17) is 0 Å². The molecule has 0 aromatic heterocycles. The summed E-state index contributed by atoms with van der Waals surface area (Å²) in [6.07, 6.45) is 1.18. The predicted octanol–water partition coefficient (Wildman–Crippen LogP) is 2.16. The molecule has 3 rings (SSSR count). The number of sulfonamides is 1. The van der Waals surface area contributed by atoms with Crippen molar-refractivity contribution in [1.29, 1.82) is 0 Å². The second-order valence-electron chi connectivity index (χ2n) is 6.90. The van der Waals surface area contributed by atoms with Gasteiger partial charge in [0.25, 0.3) is 5.91 Å². The van der Waals surface area contributed by atoms with Crippen LogP contribution in [0.2, 0.25) is 0 Å². The number of anilines is 1. The molecular weight excluding hydrogens is 411 g/mol. The van der Waals surface area contributed by atoms with Gasteiger partial charge in [-0.15, -0.1) is 0 Å². The van der Waals surface area contributed by atoms with Gasteiger partial charge in [-0.25, -0.2) is 22.3 Å². The summed E-state index contributed by atoms with van der Waals surface area (Å²) in [5.41, 5.74) is 0.899. The van der Waals surface area contributed by atoms with E-state index >= 15 is 0 Å². The minimum atomic E-state index is -3.55. The fourth-order valence-corrected chi connectivity index (χ4v) is 3.92. The molecule has 160 valence electrons. The summed E-state index contributed by atoms with van der Waals surface area (Å²) in [4.78, 5) is 26.5. The van der Waals surface area contributed by atoms with Crippen molar-refractivity contribution < 1.29 is 22.4 Å². The Balaban J connectivity index is 1.50. The van der Waals surface area contributed by atoms with Gasteiger partial charge in [0.05, 0.1) is 4.90 Å². The van der Waals surface area contributed by atoms with E-state index < -0.39 is 10.0 Å². The highest BCUT2D eigenvalue weighted by Crippen LogP contribution is 2.17. The number of piperidine rings is 1. The highest BCUT2D eigenvalue weighted by atomic mass is 32.2. The van der Waals surface area contributed by atoms with Crippen LogP contribution in [0.1, 0.15) is 23.2 Å². The van der Waals surface area contributed by atoms with Gasteiger partial charge >= 0.3 is 6.03 Å². The third-order valence-corrected chi connectivity index (χ3v) is 6.33. The molecule has 8 nitrogen and oxygen atoms in total. The van der Waals surface area contributed by atoms with Crippen molar-refractivity contribution in [3.8, 4) is 0 Å². The maximum Gasteiger partial charge on any atom is 0.319 e. The van der Waals surface area contributed by atoms with Crippen LogP contribution in [-0.2, 0) is 10.0 Å². The molecule has 3 amide bonds. The SMILES string of the molecule is CNS(=O)(=O)c1ccc(C(=O)N2CCC(NC(=O)Nc3ccc(F)cc3)CC2)cc1. The first-order chi connectivity index (χ1) is 14.3. The van der Waals surface area contributed by atoms with Crippen LogP contribution in [0.3, 0.4) is 0 Å². The van der Waals surface area contributed by atoms with Crippen molar-refractivity contribution in [2.45, 2.75) is 23.8 Å². The van der Waals surface area contributed by atoms with Gasteiger partial charge in [-0.1, -0.05) is 0 Å². The van der Waals surface area contributed by atoms with Gasteiger partial charge in [0.1, 0.15) is 5.82 Å². The van der Waals surface area contributed by atoms with Crippen LogP contribution in [0.4, 0.5) is 14.9 Å². The fourth-order valence-electron chi connectivity index (χ4n) is 3.19. The number of hydrogen-bond donors (Lipinski definition) is 3. The molecule has 0 bridgehead atoms. The number of carbonyl (C=O) groups excluding carboxylic acids is 2. The number of urea groups is 1. The molecule has 0 aliphatic carbocycles. The molecule has 1 saturated heterocycles. The summed E-state index contributed by atoms with van der Waals surface area (Å²) >= 11 is 0. The molecule has 0 spiro atoms. The van der Waals surface area contributed by atoms with Gasteiger partial charge in [0.2, 0.25) is 10.0 Å². The van der Waals surface area contributed by atoms with Crippen molar-refractivity contribution in [1.82, 2.24) is 14.9 Å². The number of amides is 3. The average molecular weight is 434 g/mol. The first-order valence-electron chi connectivity index (χ1n) is 9.44. The van der Waals surface area contributed by atoms with E-state index in [1.54, 1.807) is 4.90 Å². The van der Waals surface area contributed by atoms with Crippen LogP contribution in [0.5, 0.6) is 0 Å². The van der Waals surface area contributed by atoms with Crippen LogP contribution >= 0.6 is 0 Å². The molecule has 1 aliphatic heterocycles. The summed E-state index contributed by atoms with van der Waals surface area (Å²) < 4.78 is 38.7. The number of likely N-dealkylation sites (tertiary alicyclic amines) is 1. The van der Waals surface area contributed by atoms with E-state index in [2.05, 4.69) is 15.4 Å². The van der Waals surface area contributed by atoms with Crippen molar-refractivity contribution in [2.24, 2.45) is 0 Å². The Morgan fingerprint density at radius 1 is 1.00 bits per heavy atom. The highest BCUT2D eigenvalue weighted by molar-refractivity contribution is 7.89. The van der Waals surface area contributed by atoms with Gasteiger partial charge < -0.3 is 15.5 Å². The van der Waals surface area contributed by atoms with Crippen LogP contribution in [-0.4, -0.2) is 51.4 Å². The summed E-state index contributed by atoms with van der Waals surface area (Å²) in [6.45, 7) is 0.938. The lowest BCUT2D eigenvalue weighted by atomic mass is 10.0. The number of benzene rings is 2. The Kier molecular flexibility index (Phi) is 6.68. The van der Waals surface area contributed by atoms with E-state index in [1.165, 1.54) is 55.6 Å². The molecule has 1 aliphatic rings. The molecular formula is C20H23FN4O4S. The minimum absolute atomic E-state index is 0.0855. The summed E-state index contributed by atoms with van der Waals surface area (Å²) in [7, 11) is -2.22. The zero-order valence-corrected chi connectivity index (χ0v) is 17.2. The lowest BCUT2D eigenvalue weighted by Crippen LogP contribution is -2.47. The van der Waals surface area contributed by atoms with E-state index in [0.717, 1.165) is 0 Å². The smallest absolute Gasteiger partial charge is 0.319 e. The largest absolute Gasteiger partial charge is 0.338 e. The number of nitrogens with one attached hydrogen (secondary N) is 3. The number of rotatable bonds is 5. The summed E-state index contributed by atoms with van der Waals surface area (Å²) in [6, 6.07) is 10.8. The van der Waals surface area contributed by atoms with Crippen molar-refractivity contribution >= 4 is 27.6 Å². The topological polar surface area (TPSA) is 108 Å². The van der Waals surface area contributed by atoms with Crippen LogP contribution in [0.25, 0.3) is 0 Å². The summed E-state index contributed by atoms with van der Waals surface area (Å²) in [5, 5.41) is 5.50. The standard InChI is InChI=1S/C20H23FN4O4S/c1-22-30(28,29)18-8-2-14(3-9-18)19(26)25-12-10-17(11-13-25)24-20(27)23-16-6-4-15(21)5-7-16/h2-9,17,22H,10-13H2,1H3,(H2,23,24,27). The van der Waals surface area contributed by atoms with E-state index in [0.29, 0.717) is 37.2 Å². The Bertz CT molecular complexity index is 1000. The van der Waals surface area contributed by atoms with Crippen molar-refractivity contribution in [2.75, 3.05) is 25.5 Å². The lowest BCUT2D eigenvalue weighted by Gasteiger charge is -2.32. The molecule has 30 heavy (non-hydrogen) atoms. The van der Waals surface area contributed by atoms with Crippen molar-refractivity contribution in [3.05, 3.63) is 59.9 Å². The first kappa shape index (κ1) is 21.7.